The Morgan fingerprint density at radius 1 is 1.04 bits per heavy atom. The average molecular weight is 362 g/mol. The van der Waals surface area contributed by atoms with Crippen LogP contribution in [0.25, 0.3) is 0 Å². The summed E-state index contributed by atoms with van der Waals surface area (Å²) in [4.78, 5) is 21.3. The van der Waals surface area contributed by atoms with Crippen LogP contribution in [0.3, 0.4) is 0 Å². The van der Waals surface area contributed by atoms with Crippen molar-refractivity contribution in [2.75, 3.05) is 36.4 Å². The fourth-order valence-electron chi connectivity index (χ4n) is 3.25. The van der Waals surface area contributed by atoms with Gasteiger partial charge < -0.3 is 19.5 Å². The molecular formula is C21H22N4O2. The number of amides is 1. The standard InChI is InChI=1S/C21H22N4O2/c26-21(25-10-8-24(9-11-25)19-5-2-1-3-6-19)17-13-18(15-22-14-17)23-16-20-7-4-12-27-20/h1-7,12-15,23H,8-11,16H2. The van der Waals surface area contributed by atoms with Gasteiger partial charge >= 0.3 is 0 Å². The van der Waals surface area contributed by atoms with E-state index in [0.29, 0.717) is 25.2 Å². The Bertz CT molecular complexity index is 872. The van der Waals surface area contributed by atoms with E-state index in [-0.39, 0.29) is 5.91 Å². The first-order valence-corrected chi connectivity index (χ1v) is 9.10. The molecule has 27 heavy (non-hydrogen) atoms. The van der Waals surface area contributed by atoms with Crippen molar-refractivity contribution in [3.8, 4) is 0 Å². The molecule has 138 valence electrons. The molecule has 2 aromatic heterocycles. The fourth-order valence-corrected chi connectivity index (χ4v) is 3.25. The molecule has 0 spiro atoms. The summed E-state index contributed by atoms with van der Waals surface area (Å²) in [5, 5.41) is 3.24. The van der Waals surface area contributed by atoms with Gasteiger partial charge in [-0.1, -0.05) is 18.2 Å². The molecule has 0 radical (unpaired) electrons. The molecule has 0 saturated carbocycles. The van der Waals surface area contributed by atoms with Crippen LogP contribution in [0, 0.1) is 0 Å². The van der Waals surface area contributed by atoms with Gasteiger partial charge in [-0.25, -0.2) is 0 Å². The number of hydrogen-bond acceptors (Lipinski definition) is 5. The summed E-state index contributed by atoms with van der Waals surface area (Å²) in [6, 6.07) is 15.9. The number of carbonyl (C=O) groups is 1. The number of para-hydroxylation sites is 1. The molecule has 1 amide bonds. The number of hydrogen-bond donors (Lipinski definition) is 1. The van der Waals surface area contributed by atoms with Crippen LogP contribution in [0.15, 0.2) is 71.6 Å². The third-order valence-corrected chi connectivity index (χ3v) is 4.72. The average Bonchev–Trinajstić information content (AvgIpc) is 3.26. The van der Waals surface area contributed by atoms with Crippen molar-refractivity contribution < 1.29 is 9.21 Å². The predicted octanol–water partition coefficient (Wildman–Crippen LogP) is 3.25. The maximum atomic E-state index is 12.8. The first kappa shape index (κ1) is 17.1. The molecule has 1 saturated heterocycles. The van der Waals surface area contributed by atoms with Crippen molar-refractivity contribution >= 4 is 17.3 Å². The third-order valence-electron chi connectivity index (χ3n) is 4.72. The molecule has 6 nitrogen and oxygen atoms in total. The van der Waals surface area contributed by atoms with Crippen LogP contribution in [0.4, 0.5) is 11.4 Å². The first-order chi connectivity index (χ1) is 13.3. The summed E-state index contributed by atoms with van der Waals surface area (Å²) < 4.78 is 5.31. The number of anilines is 2. The van der Waals surface area contributed by atoms with E-state index < -0.39 is 0 Å². The van der Waals surface area contributed by atoms with Crippen molar-refractivity contribution in [1.82, 2.24) is 9.88 Å². The van der Waals surface area contributed by atoms with Crippen molar-refractivity contribution in [2.45, 2.75) is 6.54 Å². The molecule has 4 rings (SSSR count). The van der Waals surface area contributed by atoms with E-state index in [1.807, 2.05) is 41.3 Å². The minimum absolute atomic E-state index is 0.0249. The van der Waals surface area contributed by atoms with Gasteiger partial charge in [-0.05, 0) is 30.3 Å². The van der Waals surface area contributed by atoms with E-state index in [4.69, 9.17) is 4.42 Å². The summed E-state index contributed by atoms with van der Waals surface area (Å²) in [7, 11) is 0. The van der Waals surface area contributed by atoms with Crippen LogP contribution in [0.5, 0.6) is 0 Å². The lowest BCUT2D eigenvalue weighted by Gasteiger charge is -2.36. The first-order valence-electron chi connectivity index (χ1n) is 9.10. The largest absolute Gasteiger partial charge is 0.467 e. The van der Waals surface area contributed by atoms with Crippen LogP contribution in [0.2, 0.25) is 0 Å². The number of piperazine rings is 1. The predicted molar refractivity (Wildman–Crippen MR) is 105 cm³/mol. The highest BCUT2D eigenvalue weighted by atomic mass is 16.3. The number of aromatic nitrogens is 1. The molecule has 0 aliphatic carbocycles. The third kappa shape index (κ3) is 4.11. The summed E-state index contributed by atoms with van der Waals surface area (Å²) >= 11 is 0. The molecule has 0 unspecified atom stereocenters. The Morgan fingerprint density at radius 2 is 1.85 bits per heavy atom. The minimum Gasteiger partial charge on any atom is -0.467 e. The van der Waals surface area contributed by atoms with Crippen LogP contribution < -0.4 is 10.2 Å². The quantitative estimate of drug-likeness (QED) is 0.755. The molecule has 1 aliphatic rings. The van der Waals surface area contributed by atoms with Crippen molar-refractivity contribution in [1.29, 1.82) is 0 Å². The Labute approximate surface area is 158 Å². The number of benzene rings is 1. The topological polar surface area (TPSA) is 61.6 Å². The maximum Gasteiger partial charge on any atom is 0.255 e. The number of nitrogens with zero attached hydrogens (tertiary/aromatic N) is 3. The van der Waals surface area contributed by atoms with E-state index in [1.165, 1.54) is 5.69 Å². The number of rotatable bonds is 5. The molecule has 6 heteroatoms. The van der Waals surface area contributed by atoms with E-state index in [2.05, 4.69) is 27.3 Å². The van der Waals surface area contributed by atoms with Crippen molar-refractivity contribution in [3.63, 3.8) is 0 Å². The molecular weight excluding hydrogens is 340 g/mol. The number of pyridine rings is 1. The lowest BCUT2D eigenvalue weighted by molar-refractivity contribution is 0.0746. The molecule has 3 aromatic rings. The van der Waals surface area contributed by atoms with Crippen LogP contribution in [-0.2, 0) is 6.54 Å². The molecule has 1 aliphatic heterocycles. The van der Waals surface area contributed by atoms with Gasteiger partial charge in [0.2, 0.25) is 0 Å². The van der Waals surface area contributed by atoms with Gasteiger partial charge in [-0.2, -0.15) is 0 Å². The molecule has 1 aromatic carbocycles. The second-order valence-electron chi connectivity index (χ2n) is 6.51. The van der Waals surface area contributed by atoms with Gasteiger partial charge in [-0.3, -0.25) is 9.78 Å². The van der Waals surface area contributed by atoms with Gasteiger partial charge in [-0.15, -0.1) is 0 Å². The van der Waals surface area contributed by atoms with E-state index in [1.54, 1.807) is 18.7 Å². The Hall–Kier alpha value is -3.28. The summed E-state index contributed by atoms with van der Waals surface area (Å²) in [5.74, 6) is 0.862. The SMILES string of the molecule is O=C(c1cncc(NCc2ccco2)c1)N1CCN(c2ccccc2)CC1. The molecule has 0 atom stereocenters. The number of nitrogens with one attached hydrogen (secondary N) is 1. The maximum absolute atomic E-state index is 12.8. The van der Waals surface area contributed by atoms with Crippen LogP contribution in [0.1, 0.15) is 16.1 Å². The smallest absolute Gasteiger partial charge is 0.255 e. The summed E-state index contributed by atoms with van der Waals surface area (Å²) in [6.07, 6.45) is 4.99. The zero-order chi connectivity index (χ0) is 18.5. The van der Waals surface area contributed by atoms with Crippen molar-refractivity contribution in [3.05, 3.63) is 78.5 Å². The Morgan fingerprint density at radius 3 is 2.59 bits per heavy atom. The second kappa shape index (κ2) is 7.95. The van der Waals surface area contributed by atoms with E-state index in [9.17, 15) is 4.79 Å². The van der Waals surface area contributed by atoms with Gasteiger partial charge in [0.05, 0.1) is 24.1 Å². The summed E-state index contributed by atoms with van der Waals surface area (Å²) in [6.45, 7) is 3.64. The minimum atomic E-state index is 0.0249. The second-order valence-corrected chi connectivity index (χ2v) is 6.51. The van der Waals surface area contributed by atoms with E-state index >= 15 is 0 Å². The molecule has 1 N–H and O–H groups in total. The number of furan rings is 1. The molecule has 0 bridgehead atoms. The highest BCUT2D eigenvalue weighted by Crippen LogP contribution is 2.18. The van der Waals surface area contributed by atoms with Crippen LogP contribution in [-0.4, -0.2) is 42.0 Å². The highest BCUT2D eigenvalue weighted by molar-refractivity contribution is 5.95. The Balaban J connectivity index is 1.36. The van der Waals surface area contributed by atoms with Gasteiger partial charge in [0.1, 0.15) is 5.76 Å². The highest BCUT2D eigenvalue weighted by Gasteiger charge is 2.22. The fraction of sp³-hybridized carbons (Fsp3) is 0.238. The van der Waals surface area contributed by atoms with Crippen LogP contribution >= 0.6 is 0 Å². The van der Waals surface area contributed by atoms with Gasteiger partial charge in [0.25, 0.3) is 5.91 Å². The Kier molecular flexibility index (Phi) is 5.05. The normalized spacial score (nSPS) is 14.2. The molecule has 1 fully saturated rings. The van der Waals surface area contributed by atoms with Gasteiger partial charge in [0, 0.05) is 44.3 Å². The zero-order valence-electron chi connectivity index (χ0n) is 15.0. The lowest BCUT2D eigenvalue weighted by Crippen LogP contribution is -2.48. The lowest BCUT2D eigenvalue weighted by atomic mass is 10.2. The number of carbonyl (C=O) groups excluding carboxylic acids is 1. The molecule has 3 heterocycles. The van der Waals surface area contributed by atoms with Gasteiger partial charge in [0.15, 0.2) is 0 Å². The van der Waals surface area contributed by atoms with Crippen molar-refractivity contribution in [2.24, 2.45) is 0 Å². The van der Waals surface area contributed by atoms with E-state index in [0.717, 1.165) is 24.5 Å². The monoisotopic (exact) mass is 362 g/mol. The summed E-state index contributed by atoms with van der Waals surface area (Å²) in [5.41, 5.74) is 2.61. The zero-order valence-corrected chi connectivity index (χ0v) is 15.0.